The van der Waals surface area contributed by atoms with Crippen molar-refractivity contribution >= 4 is 83.6 Å². The van der Waals surface area contributed by atoms with E-state index in [0.717, 1.165) is 25.7 Å². The number of rotatable bonds is 4. The van der Waals surface area contributed by atoms with Gasteiger partial charge in [-0.25, -0.2) is 0 Å². The van der Waals surface area contributed by atoms with Crippen LogP contribution in [0.4, 0.5) is 39.1 Å². The van der Waals surface area contributed by atoms with Gasteiger partial charge in [0.15, 0.2) is 0 Å². The first-order valence-electron chi connectivity index (χ1n) is 33.1. The summed E-state index contributed by atoms with van der Waals surface area (Å²) in [6, 6.07) is 33.8. The number of benzene rings is 5. The zero-order valence-electron chi connectivity index (χ0n) is 54.9. The Morgan fingerprint density at radius 1 is 0.464 bits per heavy atom. The van der Waals surface area contributed by atoms with Gasteiger partial charge in [0.25, 0.3) is 6.71 Å². The summed E-state index contributed by atoms with van der Waals surface area (Å²) in [4.78, 5) is 8.51. The Balaban J connectivity index is 1.17. The maximum absolute atomic E-state index is 2.88. The Morgan fingerprint density at radius 3 is 1.73 bits per heavy atom. The Morgan fingerprint density at radius 2 is 1.05 bits per heavy atom. The van der Waals surface area contributed by atoms with Crippen LogP contribution >= 0.6 is 11.3 Å². The molecule has 1 aromatic heterocycles. The molecule has 4 heterocycles. The summed E-state index contributed by atoms with van der Waals surface area (Å²) in [5.74, 6) is 0. The first kappa shape index (κ1) is 56.5. The minimum Gasteiger partial charge on any atom is -0.334 e. The number of hydrogen-bond donors (Lipinski definition) is 0. The van der Waals surface area contributed by atoms with E-state index >= 15 is 0 Å². The highest BCUT2D eigenvalue weighted by atomic mass is 32.1. The predicted octanol–water partition coefficient (Wildman–Crippen LogP) is 20.7. The minimum atomic E-state index is -0.128. The number of fused-ring (bicyclic) bond motifs is 12. The molecule has 14 rings (SSSR count). The molecule has 438 valence electrons. The van der Waals surface area contributed by atoms with E-state index in [2.05, 4.69) is 260 Å². The third-order valence-corrected chi connectivity index (χ3v) is 26.0. The molecule has 84 heavy (non-hydrogen) atoms. The second-order valence-corrected chi connectivity index (χ2v) is 34.7. The van der Waals surface area contributed by atoms with Gasteiger partial charge in [0, 0.05) is 49.9 Å². The van der Waals surface area contributed by atoms with Gasteiger partial charge in [-0.15, -0.1) is 11.3 Å². The molecule has 0 amide bonds. The molecule has 3 unspecified atom stereocenters. The third kappa shape index (κ3) is 8.13. The molecule has 0 spiro atoms. The van der Waals surface area contributed by atoms with Crippen LogP contribution in [0.5, 0.6) is 0 Å². The quantitative estimate of drug-likeness (QED) is 0.163. The lowest BCUT2D eigenvalue weighted by molar-refractivity contribution is 0.195. The summed E-state index contributed by atoms with van der Waals surface area (Å²) in [5.41, 5.74) is 24.7. The van der Waals surface area contributed by atoms with E-state index in [1.165, 1.54) is 157 Å². The van der Waals surface area contributed by atoms with Crippen LogP contribution in [0.3, 0.4) is 0 Å². The Bertz CT molecular complexity index is 3870. The average Bonchev–Trinajstić information content (AvgIpc) is 1.31. The van der Waals surface area contributed by atoms with Crippen LogP contribution < -0.4 is 31.1 Å². The van der Waals surface area contributed by atoms with E-state index in [0.29, 0.717) is 0 Å². The lowest BCUT2D eigenvalue weighted by Crippen LogP contribution is -2.62. The predicted molar refractivity (Wildman–Crippen MR) is 366 cm³/mol. The van der Waals surface area contributed by atoms with Gasteiger partial charge in [-0.05, 0) is 242 Å². The zero-order chi connectivity index (χ0) is 59.5. The zero-order valence-corrected chi connectivity index (χ0v) is 55.7. The summed E-state index contributed by atoms with van der Waals surface area (Å²) in [6.07, 6.45) is 27.9. The fourth-order valence-corrected chi connectivity index (χ4v) is 19.4. The second kappa shape index (κ2) is 18.2. The maximum Gasteiger partial charge on any atom is 0.254 e. The van der Waals surface area contributed by atoms with E-state index in [1.54, 1.807) is 11.1 Å². The Hall–Kier alpha value is -5.26. The monoisotopic (exact) mass is 1130 g/mol. The van der Waals surface area contributed by atoms with Crippen molar-refractivity contribution in [1.29, 1.82) is 0 Å². The molecule has 0 bridgehead atoms. The first-order chi connectivity index (χ1) is 39.3. The molecule has 8 aliphatic rings. The van der Waals surface area contributed by atoms with Crippen LogP contribution in [0, 0.1) is 10.8 Å². The van der Waals surface area contributed by atoms with E-state index in [4.69, 9.17) is 0 Å². The van der Waals surface area contributed by atoms with E-state index in [9.17, 15) is 0 Å². The van der Waals surface area contributed by atoms with Gasteiger partial charge in [0.1, 0.15) is 0 Å². The number of hydrogen-bond acceptors (Lipinski definition) is 4. The molecule has 5 aliphatic carbocycles. The van der Waals surface area contributed by atoms with Crippen LogP contribution in [-0.4, -0.2) is 12.3 Å². The Kier molecular flexibility index (Phi) is 12.2. The van der Waals surface area contributed by atoms with Crippen LogP contribution in [0.25, 0.3) is 10.1 Å². The SMILES string of the molecule is CCC1(C)CCC(C)(C)c2cc3sc4c(c3cc21)B1c2cc3c(cc2N(C2=C/C=C/C(C)(C)CCC(C)(C)\C=C\2)c2cc(N5c6ccccc6C6(C)CCCCC56C)cc(c21)N4c1ccc2c(c1)C(C)(C)CCC2(C)C)C(C)(C)CCC3(C)C. The lowest BCUT2D eigenvalue weighted by atomic mass is 9.33. The summed E-state index contributed by atoms with van der Waals surface area (Å²) in [5, 5.41) is 2.86. The van der Waals surface area contributed by atoms with Crippen molar-refractivity contribution in [3.63, 3.8) is 0 Å². The van der Waals surface area contributed by atoms with Crippen LogP contribution in [-0.2, 0) is 37.9 Å². The van der Waals surface area contributed by atoms with Crippen molar-refractivity contribution < 1.29 is 0 Å². The van der Waals surface area contributed by atoms with Gasteiger partial charge in [-0.3, -0.25) is 0 Å². The molecular weight excluding hydrogens is 1030 g/mol. The molecule has 5 aromatic carbocycles. The molecule has 3 aliphatic heterocycles. The van der Waals surface area contributed by atoms with Crippen molar-refractivity contribution in [3.8, 4) is 0 Å². The third-order valence-electron chi connectivity index (χ3n) is 24.8. The molecule has 0 saturated heterocycles. The number of thiophene rings is 1. The van der Waals surface area contributed by atoms with Gasteiger partial charge in [0.2, 0.25) is 0 Å². The van der Waals surface area contributed by atoms with E-state index < -0.39 is 0 Å². The average molecular weight is 1130 g/mol. The van der Waals surface area contributed by atoms with Crippen molar-refractivity contribution in [3.05, 3.63) is 154 Å². The Labute approximate surface area is 511 Å². The standard InChI is InChI=1S/C79H98BN3S/c1-19-77(16)42-41-76(14,15)59-49-66-53(46-60(59)77)67-69(84-66)82(51-28-29-54-56(43-51)73(8,9)38-37-72(54,6)7)65-45-52(83-62-27-21-20-26-55(62)78(17)32-22-23-33-79(78,83)18)44-64-68(65)80(67)61-47-57-58(75(12,13)40-39-74(57,10)11)48-63(61)81(64)50-25-24-31-70(2,3)35-36-71(4,5)34-30-50/h20-21,24-31,34,43-49H,19,22-23,32-33,35-42H2,1-18H3/b31-24+,34-30+,50-25+. The summed E-state index contributed by atoms with van der Waals surface area (Å²) in [6.45, 7) is 45.3. The van der Waals surface area contributed by atoms with E-state index in [1.807, 2.05) is 0 Å². The van der Waals surface area contributed by atoms with Crippen molar-refractivity contribution in [1.82, 2.24) is 0 Å². The molecule has 0 N–H and O–H groups in total. The normalized spacial score (nSPS) is 29.0. The molecule has 1 saturated carbocycles. The summed E-state index contributed by atoms with van der Waals surface area (Å²) >= 11 is 2.08. The van der Waals surface area contributed by atoms with Crippen molar-refractivity contribution in [2.75, 3.05) is 14.7 Å². The van der Waals surface area contributed by atoms with Crippen LogP contribution in [0.2, 0.25) is 0 Å². The van der Waals surface area contributed by atoms with Gasteiger partial charge in [-0.1, -0.05) is 179 Å². The summed E-state index contributed by atoms with van der Waals surface area (Å²) in [7, 11) is 0. The first-order valence-corrected chi connectivity index (χ1v) is 33.9. The molecule has 0 radical (unpaired) electrons. The van der Waals surface area contributed by atoms with Gasteiger partial charge < -0.3 is 14.7 Å². The molecule has 5 heteroatoms. The molecular formula is C79H98BN3S. The smallest absolute Gasteiger partial charge is 0.254 e. The molecule has 6 aromatic rings. The van der Waals surface area contributed by atoms with Gasteiger partial charge in [0.05, 0.1) is 10.5 Å². The van der Waals surface area contributed by atoms with Gasteiger partial charge in [-0.2, -0.15) is 0 Å². The minimum absolute atomic E-state index is 0.00107. The highest BCUT2D eigenvalue weighted by Gasteiger charge is 2.59. The maximum atomic E-state index is 2.88. The summed E-state index contributed by atoms with van der Waals surface area (Å²) < 4.78 is 1.43. The van der Waals surface area contributed by atoms with Crippen molar-refractivity contribution in [2.24, 2.45) is 10.8 Å². The van der Waals surface area contributed by atoms with Crippen LogP contribution in [0.1, 0.15) is 247 Å². The fraction of sp³-hybridized carbons (Fsp3) is 0.519. The molecule has 3 nitrogen and oxygen atoms in total. The van der Waals surface area contributed by atoms with E-state index in [-0.39, 0.29) is 61.0 Å². The van der Waals surface area contributed by atoms with Crippen molar-refractivity contribution in [2.45, 2.75) is 252 Å². The van der Waals surface area contributed by atoms with Gasteiger partial charge >= 0.3 is 0 Å². The highest BCUT2D eigenvalue weighted by molar-refractivity contribution is 7.26. The molecule has 1 fully saturated rings. The lowest BCUT2D eigenvalue weighted by Gasteiger charge is -2.51. The highest BCUT2D eigenvalue weighted by Crippen LogP contribution is 2.63. The van der Waals surface area contributed by atoms with Crippen LogP contribution in [0.15, 0.2) is 115 Å². The second-order valence-electron chi connectivity index (χ2n) is 33.7. The fourth-order valence-electron chi connectivity index (χ4n) is 18.1. The largest absolute Gasteiger partial charge is 0.334 e. The number of allylic oxidation sites excluding steroid dienone is 5. The molecule has 3 atom stereocenters. The number of para-hydroxylation sites is 1. The topological polar surface area (TPSA) is 9.72 Å². The number of nitrogens with zero attached hydrogens (tertiary/aromatic N) is 3. The number of anilines is 7.